The fourth-order valence-electron chi connectivity index (χ4n) is 0.735. The van der Waals surface area contributed by atoms with E-state index < -0.39 is 0 Å². The van der Waals surface area contributed by atoms with Gasteiger partial charge in [0.05, 0.1) is 5.02 Å². The molecule has 11 heavy (non-hydrogen) atoms. The van der Waals surface area contributed by atoms with Crippen molar-refractivity contribution in [2.75, 3.05) is 12.0 Å². The lowest BCUT2D eigenvalue weighted by Gasteiger charge is -2.03. The second-order valence-corrected chi connectivity index (χ2v) is 3.30. The molecule has 0 fully saturated rings. The number of nitrogens with two attached hydrogens (primary N) is 1. The minimum absolute atomic E-state index is 0.0743. The fraction of sp³-hybridized carbons (Fsp3) is 0.143. The molecule has 0 amide bonds. The number of hydrogen-bond donors (Lipinski definition) is 2. The molecule has 2 nitrogen and oxygen atoms in total. The van der Waals surface area contributed by atoms with Crippen LogP contribution in [0.4, 0.5) is 5.69 Å². The Morgan fingerprint density at radius 3 is 2.73 bits per heavy atom. The highest BCUT2D eigenvalue weighted by atomic mass is 35.5. The quantitative estimate of drug-likeness (QED) is 0.405. The van der Waals surface area contributed by atoms with E-state index >= 15 is 0 Å². The van der Waals surface area contributed by atoms with Crippen LogP contribution in [0.2, 0.25) is 5.02 Å². The molecule has 1 aromatic rings. The first-order chi connectivity index (χ1) is 5.15. The van der Waals surface area contributed by atoms with Crippen LogP contribution in [-0.4, -0.2) is 11.4 Å². The van der Waals surface area contributed by atoms with Crippen LogP contribution >= 0.6 is 23.4 Å². The average Bonchev–Trinajstić information content (AvgIpc) is 1.97. The van der Waals surface area contributed by atoms with Gasteiger partial charge in [0.25, 0.3) is 0 Å². The van der Waals surface area contributed by atoms with E-state index in [1.807, 2.05) is 6.26 Å². The number of thioether (sulfide) groups is 1. The van der Waals surface area contributed by atoms with Gasteiger partial charge in [0.1, 0.15) is 5.75 Å². The smallest absolute Gasteiger partial charge is 0.135 e. The summed E-state index contributed by atoms with van der Waals surface area (Å²) in [5.41, 5.74) is 6.18. The molecule has 0 bridgehead atoms. The van der Waals surface area contributed by atoms with Gasteiger partial charge in [-0.15, -0.1) is 11.8 Å². The van der Waals surface area contributed by atoms with Crippen molar-refractivity contribution in [2.45, 2.75) is 4.90 Å². The molecule has 0 saturated carbocycles. The summed E-state index contributed by atoms with van der Waals surface area (Å²) < 4.78 is 0. The summed E-state index contributed by atoms with van der Waals surface area (Å²) in [6.45, 7) is 0. The molecule has 4 heteroatoms. The minimum atomic E-state index is 0.0743. The van der Waals surface area contributed by atoms with E-state index in [1.165, 1.54) is 11.8 Å². The minimum Gasteiger partial charge on any atom is -0.506 e. The molecule has 0 saturated heterocycles. The third kappa shape index (κ3) is 1.73. The third-order valence-corrected chi connectivity index (χ3v) is 2.40. The van der Waals surface area contributed by atoms with E-state index in [1.54, 1.807) is 12.1 Å². The largest absolute Gasteiger partial charge is 0.506 e. The maximum Gasteiger partial charge on any atom is 0.135 e. The van der Waals surface area contributed by atoms with Crippen molar-refractivity contribution in [1.82, 2.24) is 0 Å². The zero-order valence-corrected chi connectivity index (χ0v) is 7.54. The maximum atomic E-state index is 9.15. The zero-order valence-electron chi connectivity index (χ0n) is 5.97. The molecule has 0 aliphatic carbocycles. The van der Waals surface area contributed by atoms with E-state index in [2.05, 4.69) is 0 Å². The van der Waals surface area contributed by atoms with Gasteiger partial charge in [-0.25, -0.2) is 0 Å². The van der Waals surface area contributed by atoms with Gasteiger partial charge in [0.2, 0.25) is 0 Å². The van der Waals surface area contributed by atoms with Crippen LogP contribution in [0.25, 0.3) is 0 Å². The molecular formula is C7H8ClNOS. The van der Waals surface area contributed by atoms with E-state index in [-0.39, 0.29) is 5.75 Å². The molecule has 0 spiro atoms. The van der Waals surface area contributed by atoms with E-state index in [0.29, 0.717) is 10.7 Å². The van der Waals surface area contributed by atoms with Crippen LogP contribution in [0, 0.1) is 0 Å². The van der Waals surface area contributed by atoms with Gasteiger partial charge in [0.15, 0.2) is 0 Å². The molecule has 0 aliphatic heterocycles. The van der Waals surface area contributed by atoms with Crippen molar-refractivity contribution < 1.29 is 5.11 Å². The predicted molar refractivity (Wildman–Crippen MR) is 49.3 cm³/mol. The van der Waals surface area contributed by atoms with Crippen molar-refractivity contribution in [1.29, 1.82) is 0 Å². The summed E-state index contributed by atoms with van der Waals surface area (Å²) in [5.74, 6) is 0.0743. The topological polar surface area (TPSA) is 46.2 Å². The summed E-state index contributed by atoms with van der Waals surface area (Å²) in [6.07, 6.45) is 1.89. The Balaban J connectivity index is 3.21. The van der Waals surface area contributed by atoms with Crippen molar-refractivity contribution >= 4 is 29.1 Å². The molecule has 0 aromatic heterocycles. The van der Waals surface area contributed by atoms with Crippen LogP contribution in [-0.2, 0) is 0 Å². The lowest BCUT2D eigenvalue weighted by molar-refractivity contribution is 0.474. The highest BCUT2D eigenvalue weighted by Gasteiger charge is 2.03. The van der Waals surface area contributed by atoms with E-state index in [4.69, 9.17) is 22.4 Å². The summed E-state index contributed by atoms with van der Waals surface area (Å²) in [4.78, 5) is 0.840. The molecule has 0 atom stereocenters. The number of benzene rings is 1. The number of rotatable bonds is 1. The lowest BCUT2D eigenvalue weighted by Crippen LogP contribution is -1.87. The zero-order chi connectivity index (χ0) is 8.43. The Kier molecular flexibility index (Phi) is 2.52. The van der Waals surface area contributed by atoms with Crippen molar-refractivity contribution in [3.8, 4) is 5.75 Å². The summed E-state index contributed by atoms with van der Waals surface area (Å²) in [5, 5.41) is 9.45. The monoisotopic (exact) mass is 189 g/mol. The molecule has 3 N–H and O–H groups in total. The Morgan fingerprint density at radius 2 is 2.18 bits per heavy atom. The van der Waals surface area contributed by atoms with Crippen molar-refractivity contribution in [2.24, 2.45) is 0 Å². The first-order valence-corrected chi connectivity index (χ1v) is 4.57. The standard InChI is InChI=1S/C7H8ClNOS/c1-11-7-3-6(10)4(8)2-5(7)9/h2-3,10H,9H2,1H3. The average molecular weight is 190 g/mol. The molecule has 1 aromatic carbocycles. The first kappa shape index (κ1) is 8.56. The van der Waals surface area contributed by atoms with Crippen LogP contribution in [0.3, 0.4) is 0 Å². The number of anilines is 1. The first-order valence-electron chi connectivity index (χ1n) is 2.97. The number of aromatic hydroxyl groups is 1. The molecule has 60 valence electrons. The Labute approximate surface area is 74.4 Å². The van der Waals surface area contributed by atoms with E-state index in [0.717, 1.165) is 4.90 Å². The van der Waals surface area contributed by atoms with Gasteiger partial charge in [-0.2, -0.15) is 0 Å². The number of phenolic OH excluding ortho intramolecular Hbond substituents is 1. The van der Waals surface area contributed by atoms with Gasteiger partial charge < -0.3 is 10.8 Å². The highest BCUT2D eigenvalue weighted by Crippen LogP contribution is 2.32. The normalized spacial score (nSPS) is 10.0. The second-order valence-electron chi connectivity index (χ2n) is 2.05. The Hall–Kier alpha value is -0.540. The van der Waals surface area contributed by atoms with Gasteiger partial charge in [0, 0.05) is 10.6 Å². The molecule has 0 heterocycles. The SMILES string of the molecule is CSc1cc(O)c(Cl)cc1N. The highest BCUT2D eigenvalue weighted by molar-refractivity contribution is 7.98. The van der Waals surface area contributed by atoms with Gasteiger partial charge >= 0.3 is 0 Å². The predicted octanol–water partition coefficient (Wildman–Crippen LogP) is 2.35. The molecule has 0 unspecified atom stereocenters. The number of nitrogen functional groups attached to an aromatic ring is 1. The number of hydrogen-bond acceptors (Lipinski definition) is 3. The summed E-state index contributed by atoms with van der Waals surface area (Å²) in [6, 6.07) is 3.10. The maximum absolute atomic E-state index is 9.15. The second kappa shape index (κ2) is 3.24. The molecular weight excluding hydrogens is 182 g/mol. The summed E-state index contributed by atoms with van der Waals surface area (Å²) >= 11 is 7.08. The van der Waals surface area contributed by atoms with Crippen LogP contribution in [0.5, 0.6) is 5.75 Å². The molecule has 0 radical (unpaired) electrons. The van der Waals surface area contributed by atoms with Crippen LogP contribution in [0.1, 0.15) is 0 Å². The van der Waals surface area contributed by atoms with Gasteiger partial charge in [-0.05, 0) is 18.4 Å². The third-order valence-electron chi connectivity index (χ3n) is 1.30. The Bertz CT molecular complexity index is 277. The molecule has 0 aliphatic rings. The van der Waals surface area contributed by atoms with Crippen molar-refractivity contribution in [3.05, 3.63) is 17.2 Å². The van der Waals surface area contributed by atoms with E-state index in [9.17, 15) is 0 Å². The van der Waals surface area contributed by atoms with Crippen LogP contribution < -0.4 is 5.73 Å². The number of halogens is 1. The fourth-order valence-corrected chi connectivity index (χ4v) is 1.43. The lowest BCUT2D eigenvalue weighted by atomic mass is 10.3. The summed E-state index contributed by atoms with van der Waals surface area (Å²) in [7, 11) is 0. The van der Waals surface area contributed by atoms with Gasteiger partial charge in [-0.3, -0.25) is 0 Å². The van der Waals surface area contributed by atoms with Crippen LogP contribution in [0.15, 0.2) is 17.0 Å². The number of phenols is 1. The Morgan fingerprint density at radius 1 is 1.55 bits per heavy atom. The molecule has 1 rings (SSSR count). The van der Waals surface area contributed by atoms with Gasteiger partial charge in [-0.1, -0.05) is 11.6 Å². The van der Waals surface area contributed by atoms with Crippen molar-refractivity contribution in [3.63, 3.8) is 0 Å².